The fourth-order valence-electron chi connectivity index (χ4n) is 1.91. The lowest BCUT2D eigenvalue weighted by Crippen LogP contribution is -2.00. The topological polar surface area (TPSA) is 68.4 Å². The molecule has 0 fully saturated rings. The van der Waals surface area contributed by atoms with Gasteiger partial charge in [0.2, 0.25) is 0 Å². The molecule has 2 aromatic rings. The summed E-state index contributed by atoms with van der Waals surface area (Å²) in [7, 11) is 0. The molecule has 100 valence electrons. The van der Waals surface area contributed by atoms with Crippen molar-refractivity contribution in [3.05, 3.63) is 29.5 Å². The summed E-state index contributed by atoms with van der Waals surface area (Å²) in [5.74, 6) is -0.174. The van der Waals surface area contributed by atoms with Gasteiger partial charge in [-0.3, -0.25) is 9.59 Å². The van der Waals surface area contributed by atoms with Gasteiger partial charge >= 0.3 is 11.9 Å². The van der Waals surface area contributed by atoms with Crippen LogP contribution in [-0.4, -0.2) is 16.9 Å². The van der Waals surface area contributed by atoms with Crippen LogP contribution in [0.3, 0.4) is 0 Å². The second kappa shape index (κ2) is 5.14. The van der Waals surface area contributed by atoms with E-state index in [0.717, 1.165) is 22.2 Å². The number of hydrogen-bond acceptors (Lipinski definition) is 4. The van der Waals surface area contributed by atoms with Gasteiger partial charge in [0.15, 0.2) is 0 Å². The number of H-pyrrole nitrogens is 1. The number of benzene rings is 1. The summed E-state index contributed by atoms with van der Waals surface area (Å²) < 4.78 is 10.0. The maximum absolute atomic E-state index is 10.9. The lowest BCUT2D eigenvalue weighted by Gasteiger charge is -2.01. The van der Waals surface area contributed by atoms with Crippen molar-refractivity contribution in [2.75, 3.05) is 0 Å². The summed E-state index contributed by atoms with van der Waals surface area (Å²) in [6, 6.07) is 5.34. The zero-order valence-corrected chi connectivity index (χ0v) is 11.1. The summed E-state index contributed by atoms with van der Waals surface area (Å²) in [5, 5.41) is 0.945. The molecule has 1 heterocycles. The van der Waals surface area contributed by atoms with E-state index in [4.69, 9.17) is 9.47 Å². The molecule has 19 heavy (non-hydrogen) atoms. The van der Waals surface area contributed by atoms with E-state index in [2.05, 4.69) is 4.98 Å². The second-order valence-electron chi connectivity index (χ2n) is 4.31. The highest BCUT2D eigenvalue weighted by Crippen LogP contribution is 2.26. The van der Waals surface area contributed by atoms with Crippen LogP contribution in [0, 0.1) is 6.92 Å². The molecular formula is C14H15NO4. The van der Waals surface area contributed by atoms with Crippen molar-refractivity contribution >= 4 is 22.8 Å². The molecule has 0 saturated carbocycles. The fraction of sp³-hybridized carbons (Fsp3) is 0.286. The second-order valence-corrected chi connectivity index (χ2v) is 4.31. The quantitative estimate of drug-likeness (QED) is 0.680. The van der Waals surface area contributed by atoms with Gasteiger partial charge in [-0.25, -0.2) is 0 Å². The number of aromatic amines is 1. The first-order valence-electron chi connectivity index (χ1n) is 5.90. The van der Waals surface area contributed by atoms with Gasteiger partial charge in [-0.05, 0) is 30.7 Å². The number of nitrogens with one attached hydrogen (secondary N) is 1. The number of fused-ring (bicyclic) bond motifs is 1. The third-order valence-electron chi connectivity index (χ3n) is 2.81. The molecule has 1 N–H and O–H groups in total. The number of aryl methyl sites for hydroxylation is 1. The average Bonchev–Trinajstić information content (AvgIpc) is 2.63. The minimum Gasteiger partial charge on any atom is -0.459 e. The number of aromatic nitrogens is 1. The molecule has 0 atom stereocenters. The molecule has 5 nitrogen and oxygen atoms in total. The van der Waals surface area contributed by atoms with Crippen LogP contribution in [-0.2, 0) is 20.9 Å². The van der Waals surface area contributed by atoms with E-state index in [1.165, 1.54) is 13.8 Å². The number of ether oxygens (including phenoxy) is 2. The number of hydrogen-bond donors (Lipinski definition) is 1. The Bertz CT molecular complexity index is 642. The smallest absolute Gasteiger partial charge is 0.308 e. The predicted octanol–water partition coefficient (Wildman–Crippen LogP) is 2.46. The number of rotatable bonds is 3. The molecular weight excluding hydrogens is 246 g/mol. The van der Waals surface area contributed by atoms with Gasteiger partial charge in [0.1, 0.15) is 12.4 Å². The zero-order chi connectivity index (χ0) is 14.0. The van der Waals surface area contributed by atoms with Crippen LogP contribution in [0.2, 0.25) is 0 Å². The minimum atomic E-state index is -0.354. The lowest BCUT2D eigenvalue weighted by molar-refractivity contribution is -0.142. The minimum absolute atomic E-state index is 0.207. The zero-order valence-electron chi connectivity index (χ0n) is 11.1. The van der Waals surface area contributed by atoms with Crippen LogP contribution in [0.5, 0.6) is 5.75 Å². The molecule has 0 saturated heterocycles. The highest BCUT2D eigenvalue weighted by Gasteiger charge is 2.10. The van der Waals surface area contributed by atoms with Gasteiger partial charge < -0.3 is 14.5 Å². The highest BCUT2D eigenvalue weighted by atomic mass is 16.5. The third-order valence-corrected chi connectivity index (χ3v) is 2.81. The summed E-state index contributed by atoms with van der Waals surface area (Å²) in [6.07, 6.45) is 0. The van der Waals surface area contributed by atoms with E-state index in [-0.39, 0.29) is 18.5 Å². The number of carbonyl (C=O) groups is 2. The van der Waals surface area contributed by atoms with E-state index < -0.39 is 0 Å². The molecule has 1 aromatic heterocycles. The normalized spacial score (nSPS) is 10.5. The standard InChI is InChI=1S/C14H15NO4/c1-8-12-6-11(19-10(3)17)4-5-13(12)15-14(8)7-18-9(2)16/h4-6,15H,7H2,1-3H3. The summed E-state index contributed by atoms with van der Waals surface area (Å²) in [6.45, 7) is 4.87. The average molecular weight is 261 g/mol. The Balaban J connectivity index is 2.34. The summed E-state index contributed by atoms with van der Waals surface area (Å²) >= 11 is 0. The van der Waals surface area contributed by atoms with Crippen molar-refractivity contribution in [1.82, 2.24) is 4.98 Å². The first-order valence-corrected chi connectivity index (χ1v) is 5.90. The SMILES string of the molecule is CC(=O)OCc1[nH]c2ccc(OC(C)=O)cc2c1C. The van der Waals surface area contributed by atoms with Gasteiger partial charge in [0, 0.05) is 24.8 Å². The van der Waals surface area contributed by atoms with Gasteiger partial charge in [-0.1, -0.05) is 0 Å². The fourth-order valence-corrected chi connectivity index (χ4v) is 1.91. The Morgan fingerprint density at radius 3 is 2.58 bits per heavy atom. The molecule has 0 spiro atoms. The molecule has 0 unspecified atom stereocenters. The predicted molar refractivity (Wildman–Crippen MR) is 69.8 cm³/mol. The number of esters is 2. The van der Waals surface area contributed by atoms with Gasteiger partial charge in [0.25, 0.3) is 0 Å². The van der Waals surface area contributed by atoms with Crippen molar-refractivity contribution in [1.29, 1.82) is 0 Å². The van der Waals surface area contributed by atoms with Crippen molar-refractivity contribution in [3.63, 3.8) is 0 Å². The largest absolute Gasteiger partial charge is 0.459 e. The molecule has 0 radical (unpaired) electrons. The van der Waals surface area contributed by atoms with E-state index in [0.29, 0.717) is 5.75 Å². The monoisotopic (exact) mass is 261 g/mol. The van der Waals surface area contributed by atoms with Crippen molar-refractivity contribution in [3.8, 4) is 5.75 Å². The van der Waals surface area contributed by atoms with Crippen molar-refractivity contribution < 1.29 is 19.1 Å². The summed E-state index contributed by atoms with van der Waals surface area (Å²) in [5.41, 5.74) is 2.73. The molecule has 0 aliphatic carbocycles. The van der Waals surface area contributed by atoms with E-state index in [1.807, 2.05) is 13.0 Å². The van der Waals surface area contributed by atoms with Gasteiger partial charge in [-0.15, -0.1) is 0 Å². The Labute approximate surface area is 110 Å². The summed E-state index contributed by atoms with van der Waals surface area (Å²) in [4.78, 5) is 24.9. The first-order chi connectivity index (χ1) is 8.97. The van der Waals surface area contributed by atoms with Crippen LogP contribution in [0.15, 0.2) is 18.2 Å². The number of carbonyl (C=O) groups excluding carboxylic acids is 2. The molecule has 0 aliphatic rings. The Hall–Kier alpha value is -2.30. The van der Waals surface area contributed by atoms with E-state index >= 15 is 0 Å². The molecule has 0 aliphatic heterocycles. The molecule has 0 bridgehead atoms. The maximum atomic E-state index is 10.9. The molecule has 1 aromatic carbocycles. The Kier molecular flexibility index (Phi) is 3.55. The lowest BCUT2D eigenvalue weighted by atomic mass is 10.1. The van der Waals surface area contributed by atoms with Crippen molar-refractivity contribution in [2.45, 2.75) is 27.4 Å². The van der Waals surface area contributed by atoms with Gasteiger partial charge in [-0.2, -0.15) is 0 Å². The van der Waals surface area contributed by atoms with Crippen LogP contribution in [0.4, 0.5) is 0 Å². The van der Waals surface area contributed by atoms with Crippen LogP contribution >= 0.6 is 0 Å². The van der Waals surface area contributed by atoms with E-state index in [9.17, 15) is 9.59 Å². The first kappa shape index (κ1) is 13.1. The van der Waals surface area contributed by atoms with Crippen LogP contribution < -0.4 is 4.74 Å². The Morgan fingerprint density at radius 1 is 1.21 bits per heavy atom. The highest BCUT2D eigenvalue weighted by molar-refractivity contribution is 5.86. The third kappa shape index (κ3) is 2.93. The Morgan fingerprint density at radius 2 is 1.95 bits per heavy atom. The molecule has 0 amide bonds. The maximum Gasteiger partial charge on any atom is 0.308 e. The molecule has 5 heteroatoms. The van der Waals surface area contributed by atoms with Crippen molar-refractivity contribution in [2.24, 2.45) is 0 Å². The van der Waals surface area contributed by atoms with Gasteiger partial charge in [0.05, 0.1) is 5.69 Å². The molecule has 2 rings (SSSR count). The van der Waals surface area contributed by atoms with E-state index in [1.54, 1.807) is 12.1 Å². The van der Waals surface area contributed by atoms with Crippen LogP contribution in [0.1, 0.15) is 25.1 Å². The van der Waals surface area contributed by atoms with Crippen LogP contribution in [0.25, 0.3) is 10.9 Å².